The molecule has 0 radical (unpaired) electrons. The van der Waals surface area contributed by atoms with Gasteiger partial charge < -0.3 is 10.2 Å². The molecule has 0 aliphatic carbocycles. The number of hydrogen-bond donors (Lipinski definition) is 1. The van der Waals surface area contributed by atoms with Crippen LogP contribution in [0.25, 0.3) is 0 Å². The molecule has 2 aromatic heterocycles. The molecule has 0 bridgehead atoms. The zero-order valence-electron chi connectivity index (χ0n) is 19.7. The highest BCUT2D eigenvalue weighted by molar-refractivity contribution is 7.09. The lowest BCUT2D eigenvalue weighted by Gasteiger charge is -2.29. The monoisotopic (exact) mass is 461 g/mol. The van der Waals surface area contributed by atoms with Gasteiger partial charge in [-0.15, -0.1) is 11.3 Å². The molecule has 0 aromatic carbocycles. The number of carbonyl (C=O) groups excluding carboxylic acids is 2. The predicted octanol–water partition coefficient (Wildman–Crippen LogP) is 2.39. The van der Waals surface area contributed by atoms with Crippen LogP contribution in [0.4, 0.5) is 0 Å². The van der Waals surface area contributed by atoms with E-state index in [0.29, 0.717) is 24.7 Å². The van der Waals surface area contributed by atoms with E-state index in [4.69, 9.17) is 0 Å². The van der Waals surface area contributed by atoms with Gasteiger partial charge in [-0.05, 0) is 39.2 Å². The lowest BCUT2D eigenvalue weighted by molar-refractivity contribution is -0.138. The summed E-state index contributed by atoms with van der Waals surface area (Å²) in [5.74, 6) is 1.65. The quantitative estimate of drug-likeness (QED) is 0.751. The van der Waals surface area contributed by atoms with Crippen molar-refractivity contribution >= 4 is 23.2 Å². The van der Waals surface area contributed by atoms with Crippen LogP contribution in [0, 0.1) is 12.8 Å². The SMILES string of the molecule is Cc1nc2n(n1)CCN(Cc1nccs1)CCCC(=O)N(C)[C@@H](C)C(=O)N[C@@H]2CC(C)C. The summed E-state index contributed by atoms with van der Waals surface area (Å²) in [6.07, 6.45) is 3.70. The summed E-state index contributed by atoms with van der Waals surface area (Å²) in [6.45, 7) is 10.8. The van der Waals surface area contributed by atoms with Gasteiger partial charge in [0.2, 0.25) is 11.8 Å². The van der Waals surface area contributed by atoms with Crippen LogP contribution in [-0.4, -0.2) is 67.5 Å². The molecule has 1 aliphatic rings. The fraction of sp³-hybridized carbons (Fsp3) is 0.682. The van der Waals surface area contributed by atoms with Crippen LogP contribution in [0.1, 0.15) is 62.7 Å². The highest BCUT2D eigenvalue weighted by Gasteiger charge is 2.28. The van der Waals surface area contributed by atoms with E-state index in [1.807, 2.05) is 23.2 Å². The van der Waals surface area contributed by atoms with Crippen molar-refractivity contribution in [3.05, 3.63) is 28.2 Å². The van der Waals surface area contributed by atoms with Gasteiger partial charge in [-0.2, -0.15) is 5.10 Å². The molecular weight excluding hydrogens is 426 g/mol. The Morgan fingerprint density at radius 1 is 1.25 bits per heavy atom. The molecule has 0 unspecified atom stereocenters. The lowest BCUT2D eigenvalue weighted by Crippen LogP contribution is -2.47. The third-order valence-corrected chi connectivity index (χ3v) is 6.60. The third kappa shape index (κ3) is 6.35. The van der Waals surface area contributed by atoms with Crippen LogP contribution >= 0.6 is 11.3 Å². The van der Waals surface area contributed by atoms with Gasteiger partial charge >= 0.3 is 0 Å². The van der Waals surface area contributed by atoms with Crippen LogP contribution < -0.4 is 5.32 Å². The van der Waals surface area contributed by atoms with Crippen molar-refractivity contribution in [2.45, 2.75) is 72.1 Å². The number of fused-ring (bicyclic) bond motifs is 1. The predicted molar refractivity (Wildman–Crippen MR) is 124 cm³/mol. The summed E-state index contributed by atoms with van der Waals surface area (Å²) in [7, 11) is 1.70. The van der Waals surface area contributed by atoms with Crippen molar-refractivity contribution in [2.24, 2.45) is 5.92 Å². The molecule has 0 saturated heterocycles. The number of hydrogen-bond acceptors (Lipinski definition) is 7. The molecule has 0 fully saturated rings. The summed E-state index contributed by atoms with van der Waals surface area (Å²) in [5.41, 5.74) is 0. The number of amides is 2. The van der Waals surface area contributed by atoms with Gasteiger partial charge in [0.05, 0.1) is 19.1 Å². The second-order valence-corrected chi connectivity index (χ2v) is 9.90. The maximum Gasteiger partial charge on any atom is 0.243 e. The number of nitrogens with one attached hydrogen (secondary N) is 1. The fourth-order valence-corrected chi connectivity index (χ4v) is 4.59. The smallest absolute Gasteiger partial charge is 0.243 e. The van der Waals surface area contributed by atoms with E-state index < -0.39 is 6.04 Å². The summed E-state index contributed by atoms with van der Waals surface area (Å²) < 4.78 is 1.93. The summed E-state index contributed by atoms with van der Waals surface area (Å²) in [5, 5.41) is 10.8. The van der Waals surface area contributed by atoms with Crippen molar-refractivity contribution < 1.29 is 9.59 Å². The first kappa shape index (κ1) is 24.3. The largest absolute Gasteiger partial charge is 0.344 e. The second kappa shape index (κ2) is 11.0. The van der Waals surface area contributed by atoms with Crippen LogP contribution in [0.3, 0.4) is 0 Å². The zero-order valence-corrected chi connectivity index (χ0v) is 20.6. The Labute approximate surface area is 194 Å². The Hall–Kier alpha value is -2.33. The molecule has 2 amide bonds. The highest BCUT2D eigenvalue weighted by Crippen LogP contribution is 2.21. The summed E-state index contributed by atoms with van der Waals surface area (Å²) in [6, 6.07) is -0.811. The Bertz CT molecular complexity index is 896. The fourth-order valence-electron chi connectivity index (χ4n) is 3.94. The number of likely N-dealkylation sites (N-methyl/N-ethyl adjacent to an activating group) is 1. The Morgan fingerprint density at radius 3 is 2.72 bits per heavy atom. The summed E-state index contributed by atoms with van der Waals surface area (Å²) >= 11 is 1.64. The summed E-state index contributed by atoms with van der Waals surface area (Å²) in [4.78, 5) is 38.7. The zero-order chi connectivity index (χ0) is 23.3. The van der Waals surface area contributed by atoms with Crippen molar-refractivity contribution in [1.82, 2.24) is 34.9 Å². The number of aromatic nitrogens is 4. The van der Waals surface area contributed by atoms with Crippen molar-refractivity contribution in [3.63, 3.8) is 0 Å². The van der Waals surface area contributed by atoms with Gasteiger partial charge in [-0.25, -0.2) is 14.6 Å². The first-order chi connectivity index (χ1) is 15.2. The number of rotatable bonds is 4. The molecule has 0 saturated carbocycles. The molecular formula is C22H35N7O2S. The van der Waals surface area contributed by atoms with E-state index in [9.17, 15) is 9.59 Å². The Kier molecular flexibility index (Phi) is 8.36. The topological polar surface area (TPSA) is 96.2 Å². The van der Waals surface area contributed by atoms with Crippen molar-refractivity contribution in [2.75, 3.05) is 20.1 Å². The van der Waals surface area contributed by atoms with E-state index in [1.165, 1.54) is 0 Å². The minimum Gasteiger partial charge on any atom is -0.344 e. The van der Waals surface area contributed by atoms with Crippen molar-refractivity contribution in [1.29, 1.82) is 0 Å². The van der Waals surface area contributed by atoms with Crippen LogP contribution in [0.15, 0.2) is 11.6 Å². The van der Waals surface area contributed by atoms with Crippen LogP contribution in [0.5, 0.6) is 0 Å². The van der Waals surface area contributed by atoms with Gasteiger partial charge in [0.25, 0.3) is 0 Å². The molecule has 9 nitrogen and oxygen atoms in total. The maximum atomic E-state index is 13.0. The average Bonchev–Trinajstić information content (AvgIpc) is 3.38. The van der Waals surface area contributed by atoms with Crippen LogP contribution in [0.2, 0.25) is 0 Å². The van der Waals surface area contributed by atoms with Gasteiger partial charge in [-0.1, -0.05) is 13.8 Å². The van der Waals surface area contributed by atoms with Gasteiger partial charge in [0, 0.05) is 31.6 Å². The Morgan fingerprint density at radius 2 is 2.03 bits per heavy atom. The molecule has 0 spiro atoms. The van der Waals surface area contributed by atoms with E-state index in [2.05, 4.69) is 39.1 Å². The van der Waals surface area contributed by atoms with Crippen LogP contribution in [-0.2, 0) is 22.7 Å². The Balaban J connectivity index is 1.90. The number of thiazole rings is 1. The molecule has 1 aliphatic heterocycles. The molecule has 2 atom stereocenters. The lowest BCUT2D eigenvalue weighted by atomic mass is 10.0. The van der Waals surface area contributed by atoms with Gasteiger partial charge in [0.1, 0.15) is 22.7 Å². The van der Waals surface area contributed by atoms with E-state index in [-0.39, 0.29) is 17.9 Å². The molecule has 3 heterocycles. The normalized spacial score (nSPS) is 22.0. The standard InChI is InChI=1S/C22H35N7O2S/c1-15(2)13-18-21-24-17(4)26-29(21)11-10-28(14-19-23-8-12-32-19)9-6-7-20(30)27(5)16(3)22(31)25-18/h8,12,15-16,18H,6-7,9-11,13-14H2,1-5H3,(H,25,31)/t16-,18+/m0/s1. The van der Waals surface area contributed by atoms with E-state index in [1.54, 1.807) is 30.2 Å². The first-order valence-electron chi connectivity index (χ1n) is 11.3. The minimum atomic E-state index is -0.552. The highest BCUT2D eigenvalue weighted by atomic mass is 32.1. The molecule has 10 heteroatoms. The maximum absolute atomic E-state index is 13.0. The number of aryl methyl sites for hydroxylation is 1. The molecule has 1 N–H and O–H groups in total. The molecule has 32 heavy (non-hydrogen) atoms. The van der Waals surface area contributed by atoms with E-state index in [0.717, 1.165) is 43.3 Å². The second-order valence-electron chi connectivity index (χ2n) is 8.92. The average molecular weight is 462 g/mol. The molecule has 2 aromatic rings. The minimum absolute atomic E-state index is 0.0154. The van der Waals surface area contributed by atoms with Crippen molar-refractivity contribution in [3.8, 4) is 0 Å². The third-order valence-electron chi connectivity index (χ3n) is 5.83. The van der Waals surface area contributed by atoms with Gasteiger partial charge in [-0.3, -0.25) is 14.5 Å². The first-order valence-corrected chi connectivity index (χ1v) is 12.2. The van der Waals surface area contributed by atoms with Gasteiger partial charge in [0.15, 0.2) is 0 Å². The molecule has 176 valence electrons. The molecule has 3 rings (SSSR count). The van der Waals surface area contributed by atoms with E-state index >= 15 is 0 Å². The number of nitrogens with zero attached hydrogens (tertiary/aromatic N) is 6. The number of carbonyl (C=O) groups is 2.